The third-order valence-electron chi connectivity index (χ3n) is 17.5. The second-order valence-electron chi connectivity index (χ2n) is 24.1. The first-order valence-electron chi connectivity index (χ1n) is 32.8. The van der Waals surface area contributed by atoms with E-state index in [4.69, 9.17) is 39.4 Å². The third-order valence-corrected chi connectivity index (χ3v) is 21.7. The molecular formula is C66H69BKN25NaO15S6. The number of rotatable bonds is 14. The van der Waals surface area contributed by atoms with Crippen molar-refractivity contribution in [2.45, 2.75) is 49.3 Å². The minimum Gasteiger partial charge on any atom is -1.00 e. The van der Waals surface area contributed by atoms with Crippen molar-refractivity contribution < 1.29 is 153 Å². The van der Waals surface area contributed by atoms with E-state index < -0.39 is 45.8 Å². The molecule has 6 atom stereocenters. The largest absolute Gasteiger partial charge is 1.00 e. The van der Waals surface area contributed by atoms with Crippen LogP contribution < -0.4 is 123 Å². The number of nitrogens with zero attached hydrogens (tertiary/aromatic N) is 18. The fourth-order valence-corrected chi connectivity index (χ4v) is 15.9. The number of H-pyrrole nitrogens is 1. The van der Waals surface area contributed by atoms with E-state index >= 15 is 0 Å². The molecule has 2 unspecified atom stereocenters. The van der Waals surface area contributed by atoms with Gasteiger partial charge in [0.2, 0.25) is 32.6 Å². The van der Waals surface area contributed by atoms with Gasteiger partial charge < -0.3 is 78.9 Å². The fraction of sp³-hybridized carbons (Fsp3) is 0.318. The Morgan fingerprint density at radius 1 is 0.687 bits per heavy atom. The Labute approximate surface area is 746 Å². The number of para-hydroxylation sites is 1. The fourth-order valence-electron chi connectivity index (χ4n) is 12.5. The predicted molar refractivity (Wildman–Crippen MR) is 419 cm³/mol. The van der Waals surface area contributed by atoms with E-state index in [9.17, 15) is 42.0 Å². The molecule has 2 saturated carbocycles. The van der Waals surface area contributed by atoms with Crippen molar-refractivity contribution in [3.8, 4) is 11.2 Å². The van der Waals surface area contributed by atoms with Gasteiger partial charge in [0.25, 0.3) is 27.5 Å². The molecule has 115 heavy (non-hydrogen) atoms. The molecule has 2 saturated heterocycles. The number of ether oxygens (including phenoxy) is 5. The standard InChI is InChI=1S/C27H26N8O5S2.C20H22N8O2S.C11H9N3O4S.C4H5N3O2S.C3H6N2O2.CHNS.B.K.Na.H/c1-28-21-13-29-24-20(9-10-35(24)42(38,39)19-7-5-4-6-8-19)22(21)33(2)18-11-16-14-34(15-17(16)12-18)27(37)31-26-30-23(32-41-26)25(36)40-3;1-21-15-7-23-18-14(3-4-22-18)17(15)27(2)13-5-11-8-28(9-12(11)6-13)20(30)25-19-24-16(10-29)26-31-19;1-17-9(15)8-12-10(19-14-8)13-11(16)18-7-5-3-2-4-6-7;1-9-3(8)2-6-4(5)10-7-2;1-7-3(6)2(4)5;2-1-3;;;;/h4-10,13,16-18H,11-12,14-15H2,2-3H3,(H,30,31,32,37);3-4,7,11-13,29H,5-6,8-10H2,2H3,(H,22,23)(H,24,25,26,30);2-6H,1H3,(H,12,13,14,16);1H3,(H2,5,6,7);1H3,(H3,4,5);3H;;;;/q;;;;;;;2*+1;-1/p-1/t16-,17+,18?;11-,12+,13?;;;;;;;;. The summed E-state index contributed by atoms with van der Waals surface area (Å²) in [5.74, 6) is -1.34. The number of amidine groups is 1. The summed E-state index contributed by atoms with van der Waals surface area (Å²) in [5, 5.41) is 34.4. The summed E-state index contributed by atoms with van der Waals surface area (Å²) in [6.07, 6.45) is 9.25. The summed E-state index contributed by atoms with van der Waals surface area (Å²) < 4.78 is 65.5. The molecule has 2 aliphatic heterocycles. The van der Waals surface area contributed by atoms with Crippen molar-refractivity contribution in [3.05, 3.63) is 144 Å². The number of hydrogen-bond acceptors (Lipinski definition) is 35. The van der Waals surface area contributed by atoms with Gasteiger partial charge in [0.15, 0.2) is 16.6 Å². The number of esters is 4. The number of benzene rings is 2. The Hall–Kier alpha value is -10.1. The molecule has 4 fully saturated rings. The topological polar surface area (TPSA) is 527 Å². The van der Waals surface area contributed by atoms with Crippen LogP contribution in [0.4, 0.5) is 57.7 Å². The molecule has 49 heteroatoms. The van der Waals surface area contributed by atoms with Crippen LogP contribution in [0.25, 0.3) is 31.8 Å². The van der Waals surface area contributed by atoms with Gasteiger partial charge in [-0.05, 0) is 85.8 Å². The van der Waals surface area contributed by atoms with Gasteiger partial charge in [-0.15, -0.1) is 0 Å². The van der Waals surface area contributed by atoms with Crippen LogP contribution in [0.1, 0.15) is 64.8 Å². The monoisotopic (exact) mass is 1720 g/mol. The number of amides is 5. The Morgan fingerprint density at radius 2 is 1.13 bits per heavy atom. The van der Waals surface area contributed by atoms with E-state index in [1.807, 2.05) is 24.2 Å². The number of pyridine rings is 2. The van der Waals surface area contributed by atoms with E-state index in [2.05, 4.69) is 132 Å². The molecule has 4 aliphatic rings. The van der Waals surface area contributed by atoms with E-state index in [-0.39, 0.29) is 171 Å². The number of anilines is 6. The number of hydrogen-bond donors (Lipinski definition) is 8. The first kappa shape index (κ1) is 93.8. The number of nitrogens with one attached hydrogen (secondary N) is 5. The van der Waals surface area contributed by atoms with Gasteiger partial charge in [-0.25, -0.2) is 70.9 Å². The number of nitriles is 1. The molecule has 40 nitrogen and oxygen atoms in total. The van der Waals surface area contributed by atoms with Gasteiger partial charge in [0, 0.05) is 142 Å². The van der Waals surface area contributed by atoms with Crippen LogP contribution in [0.3, 0.4) is 0 Å². The molecule has 5 amide bonds. The maximum Gasteiger partial charge on any atom is 1.00 e. The number of aromatic amines is 1. The zero-order valence-corrected chi connectivity index (χ0v) is 72.5. The summed E-state index contributed by atoms with van der Waals surface area (Å²) in [4.78, 5) is 123. The average Bonchev–Trinajstić information content (AvgIpc) is 1.57. The van der Waals surface area contributed by atoms with Crippen molar-refractivity contribution >= 4 is 190 Å². The summed E-state index contributed by atoms with van der Waals surface area (Å²) >= 11 is 7.51. The quantitative estimate of drug-likeness (QED) is 0.0111. The van der Waals surface area contributed by atoms with Crippen LogP contribution in [0.2, 0.25) is 0 Å². The maximum absolute atomic E-state index is 13.4. The maximum atomic E-state index is 13.4. The Morgan fingerprint density at radius 3 is 1.57 bits per heavy atom. The number of thiocyanates is 1. The molecule has 589 valence electrons. The van der Waals surface area contributed by atoms with Crippen LogP contribution >= 0.6 is 46.1 Å². The molecule has 2 aromatic carbocycles. The molecule has 10 heterocycles. The second-order valence-corrected chi connectivity index (χ2v) is 29.1. The number of nitrogens with two attached hydrogens (primary N) is 2. The Bertz CT molecular complexity index is 5300. The number of carbonyl (C=O) groups is 7. The third kappa shape index (κ3) is 23.8. The number of nitrogen functional groups attached to an aromatic ring is 1. The number of urea groups is 2. The van der Waals surface area contributed by atoms with Gasteiger partial charge in [-0.3, -0.25) is 26.3 Å². The smallest absolute Gasteiger partial charge is 1.00 e. The minimum atomic E-state index is -3.87. The van der Waals surface area contributed by atoms with E-state index in [1.54, 1.807) is 65.7 Å². The predicted octanol–water partition coefficient (Wildman–Crippen LogP) is 1.37. The molecule has 10 N–H and O–H groups in total. The number of aliphatic hydroxyl groups is 1. The summed E-state index contributed by atoms with van der Waals surface area (Å²) in [5.41, 5.74) is 13.4. The Kier molecular flexibility index (Phi) is 36.0. The number of fused-ring (bicyclic) bond motifs is 4. The molecular weight excluding hydrogens is 1650 g/mol. The van der Waals surface area contributed by atoms with E-state index in [1.165, 1.54) is 58.4 Å². The van der Waals surface area contributed by atoms with E-state index in [0.29, 0.717) is 83.2 Å². The van der Waals surface area contributed by atoms with Crippen molar-refractivity contribution in [1.82, 2.24) is 66.2 Å². The van der Waals surface area contributed by atoms with Gasteiger partial charge in [0.1, 0.15) is 18.0 Å². The van der Waals surface area contributed by atoms with Crippen molar-refractivity contribution in [1.29, 1.82) is 10.7 Å². The number of aromatic nitrogens is 12. The van der Waals surface area contributed by atoms with Crippen molar-refractivity contribution in [3.63, 3.8) is 0 Å². The van der Waals surface area contributed by atoms with Crippen LogP contribution in [0, 0.1) is 52.9 Å². The van der Waals surface area contributed by atoms with Crippen LogP contribution in [-0.4, -0.2) is 217 Å². The van der Waals surface area contributed by atoms with Crippen LogP contribution in [-0.2, 0) is 53.0 Å². The molecule has 2 aliphatic carbocycles. The molecule has 0 spiro atoms. The number of aliphatic hydroxyl groups excluding tert-OH is 1. The van der Waals surface area contributed by atoms with Gasteiger partial charge in [-0.2, -0.15) is 32.4 Å². The van der Waals surface area contributed by atoms with E-state index in [0.717, 1.165) is 92.5 Å². The first-order chi connectivity index (χ1) is 53.8. The van der Waals surface area contributed by atoms with Crippen molar-refractivity contribution in [2.24, 2.45) is 29.4 Å². The zero-order valence-electron chi connectivity index (χ0n) is 63.5. The van der Waals surface area contributed by atoms with Crippen LogP contribution in [0.15, 0.2) is 102 Å². The Balaban J connectivity index is 0.000000284. The van der Waals surface area contributed by atoms with Gasteiger partial charge in [0.05, 0.1) is 57.9 Å². The molecule has 8 aromatic heterocycles. The number of carbonyl (C=O) groups excluding carboxylic acids is 7. The van der Waals surface area contributed by atoms with Gasteiger partial charge >= 0.3 is 123 Å². The SMILES string of the molecule is COC(=O)C(=N)N.COC(=O)c1nsc(N)n1.COC(=O)c1nsc(NC(=O)Oc2ccccc2)n1.N#C[S-].[B].[C-]#[N+]c1cnc2[nH]ccc2c1N(C)C1C[C@@H]2CN(C(=O)Nc3nc(CO)ns3)C[C@@H]2C1.[C-]#[N+]c1cnc2c(ccn2S(=O)(=O)c2ccccc2)c1N(C)C1C[C@@H]2CN(C(=O)Nc3nc(C(=O)OC)ns3)C[C@@H]2C1.[H-].[K+].[Na+]. The minimum absolute atomic E-state index is 0. The number of methoxy groups -OCH3 is 4. The van der Waals surface area contributed by atoms with Crippen LogP contribution in [0.5, 0.6) is 5.75 Å². The normalized spacial score (nSPS) is 16.2. The number of likely N-dealkylation sites (tertiary alicyclic amines) is 2. The summed E-state index contributed by atoms with van der Waals surface area (Å²) in [7, 11) is 5.01. The molecule has 14 rings (SSSR count). The van der Waals surface area contributed by atoms with Crippen molar-refractivity contribution in [2.75, 3.05) is 100 Å². The summed E-state index contributed by atoms with van der Waals surface area (Å²) in [6, 6.07) is 20.3. The second kappa shape index (κ2) is 44.1. The molecule has 10 aromatic rings. The first-order valence-corrected chi connectivity index (χ1v) is 37.8. The average molecular weight is 1720 g/mol. The zero-order chi connectivity index (χ0) is 80.9. The summed E-state index contributed by atoms with van der Waals surface area (Å²) in [6.45, 7) is 17.6. The molecule has 3 radical (unpaired) electrons. The van der Waals surface area contributed by atoms with Gasteiger partial charge in [-0.1, -0.05) is 41.8 Å². The molecule has 0 bridgehead atoms.